The number of hydrogen-bond donors (Lipinski definition) is 2. The summed E-state index contributed by atoms with van der Waals surface area (Å²) in [6.07, 6.45) is -2.73. The molecule has 1 unspecified atom stereocenters. The Morgan fingerprint density at radius 3 is 2.29 bits per heavy atom. The molecule has 0 saturated carbocycles. The highest BCUT2D eigenvalue weighted by molar-refractivity contribution is 5.32. The lowest BCUT2D eigenvalue weighted by atomic mass is 9.67. The number of carboxylic acid groups (broad SMARTS) is 1. The molecule has 6 heteroatoms. The molecule has 126 valence electrons. The first kappa shape index (κ1) is 20.2. The van der Waals surface area contributed by atoms with Crippen molar-refractivity contribution in [2.75, 3.05) is 13.1 Å². The lowest BCUT2D eigenvalue weighted by Crippen LogP contribution is -2.46. The van der Waals surface area contributed by atoms with Gasteiger partial charge in [0.15, 0.2) is 0 Å². The molecule has 0 aromatic carbocycles. The number of halogens is 3. The van der Waals surface area contributed by atoms with Crippen LogP contribution in [0.5, 0.6) is 0 Å². The fourth-order valence-electron chi connectivity index (χ4n) is 2.81. The van der Waals surface area contributed by atoms with Crippen LogP contribution in [-0.2, 0) is 4.79 Å². The van der Waals surface area contributed by atoms with Crippen molar-refractivity contribution in [1.29, 1.82) is 0 Å². The minimum Gasteiger partial charge on any atom is -0.483 e. The van der Waals surface area contributed by atoms with E-state index in [-0.39, 0.29) is 23.7 Å². The predicted octanol–water partition coefficient (Wildman–Crippen LogP) is 4.08. The van der Waals surface area contributed by atoms with Gasteiger partial charge in [-0.3, -0.25) is 4.79 Å². The third kappa shape index (κ3) is 8.96. The molecule has 0 aromatic heterocycles. The van der Waals surface area contributed by atoms with Crippen LogP contribution in [0.1, 0.15) is 53.4 Å². The van der Waals surface area contributed by atoms with Crippen molar-refractivity contribution in [2.24, 2.45) is 16.7 Å². The van der Waals surface area contributed by atoms with Gasteiger partial charge in [-0.15, -0.1) is 0 Å². The summed E-state index contributed by atoms with van der Waals surface area (Å²) in [7, 11) is 0. The van der Waals surface area contributed by atoms with Crippen molar-refractivity contribution in [3.8, 4) is 0 Å². The van der Waals surface area contributed by atoms with Crippen LogP contribution in [0.25, 0.3) is 0 Å². The molecule has 2 N–H and O–H groups in total. The van der Waals surface area contributed by atoms with E-state index in [0.717, 1.165) is 19.5 Å². The lowest BCUT2D eigenvalue weighted by Gasteiger charge is -2.44. The predicted molar refractivity (Wildman–Crippen MR) is 77.1 cm³/mol. The van der Waals surface area contributed by atoms with E-state index in [4.69, 9.17) is 9.90 Å². The normalized spacial score (nSPS) is 26.7. The Labute approximate surface area is 125 Å². The molecule has 2 atom stereocenters. The monoisotopic (exact) mass is 311 g/mol. The molecule has 3 nitrogen and oxygen atoms in total. The fraction of sp³-hybridized carbons (Fsp3) is 0.933. The SMILES string of the molecule is CC(C)(C)C1CNC[C@@](C)(CCCC(F)(F)F)C1.O=CO. The molecule has 1 fully saturated rings. The zero-order valence-corrected chi connectivity index (χ0v) is 13.4. The van der Waals surface area contributed by atoms with Gasteiger partial charge in [0.05, 0.1) is 0 Å². The van der Waals surface area contributed by atoms with Crippen molar-refractivity contribution in [1.82, 2.24) is 5.32 Å². The second kappa shape index (κ2) is 8.01. The van der Waals surface area contributed by atoms with E-state index >= 15 is 0 Å². The highest BCUT2D eigenvalue weighted by Gasteiger charge is 2.37. The van der Waals surface area contributed by atoms with Crippen LogP contribution in [0.15, 0.2) is 0 Å². The Balaban J connectivity index is 0.00000122. The first-order valence-electron chi connectivity index (χ1n) is 7.29. The standard InChI is InChI=1S/C14H26F3N.CH2O2/c1-12(2,3)11-8-13(4,10-18-9-11)6-5-7-14(15,16)17;2-1-3/h11,18H,5-10H2,1-4H3;1H,(H,2,3)/t11?,13-;/m0./s1. The average molecular weight is 311 g/mol. The largest absolute Gasteiger partial charge is 0.483 e. The third-order valence-electron chi connectivity index (χ3n) is 4.15. The average Bonchev–Trinajstić information content (AvgIpc) is 2.26. The van der Waals surface area contributed by atoms with Gasteiger partial charge in [-0.2, -0.15) is 13.2 Å². The maximum absolute atomic E-state index is 12.2. The molecule has 1 saturated heterocycles. The van der Waals surface area contributed by atoms with E-state index in [2.05, 4.69) is 33.0 Å². The number of alkyl halides is 3. The summed E-state index contributed by atoms with van der Waals surface area (Å²) in [4.78, 5) is 8.36. The number of hydrogen-bond acceptors (Lipinski definition) is 2. The molecule has 0 radical (unpaired) electrons. The molecular formula is C15H28F3NO2. The lowest BCUT2D eigenvalue weighted by molar-refractivity contribution is -0.137. The van der Waals surface area contributed by atoms with Crippen LogP contribution in [0.3, 0.4) is 0 Å². The van der Waals surface area contributed by atoms with Crippen LogP contribution in [-0.4, -0.2) is 30.8 Å². The number of rotatable bonds is 3. The van der Waals surface area contributed by atoms with Gasteiger partial charge in [-0.25, -0.2) is 0 Å². The maximum Gasteiger partial charge on any atom is 0.389 e. The van der Waals surface area contributed by atoms with Crippen LogP contribution >= 0.6 is 0 Å². The van der Waals surface area contributed by atoms with Crippen molar-refractivity contribution >= 4 is 6.47 Å². The number of piperidine rings is 1. The van der Waals surface area contributed by atoms with E-state index in [9.17, 15) is 13.2 Å². The van der Waals surface area contributed by atoms with E-state index in [1.165, 1.54) is 0 Å². The minimum absolute atomic E-state index is 0.0153. The van der Waals surface area contributed by atoms with Gasteiger partial charge < -0.3 is 10.4 Å². The Morgan fingerprint density at radius 1 is 1.33 bits per heavy atom. The van der Waals surface area contributed by atoms with E-state index in [0.29, 0.717) is 12.3 Å². The highest BCUT2D eigenvalue weighted by Crippen LogP contribution is 2.41. The van der Waals surface area contributed by atoms with E-state index < -0.39 is 12.6 Å². The Kier molecular flexibility index (Phi) is 7.71. The number of carbonyl (C=O) groups is 1. The van der Waals surface area contributed by atoms with Crippen molar-refractivity contribution < 1.29 is 23.1 Å². The first-order chi connectivity index (χ1) is 9.43. The smallest absolute Gasteiger partial charge is 0.389 e. The quantitative estimate of drug-likeness (QED) is 0.772. The summed E-state index contributed by atoms with van der Waals surface area (Å²) >= 11 is 0. The van der Waals surface area contributed by atoms with Crippen molar-refractivity contribution in [3.05, 3.63) is 0 Å². The Hall–Kier alpha value is -0.780. The highest BCUT2D eigenvalue weighted by atomic mass is 19.4. The van der Waals surface area contributed by atoms with Crippen molar-refractivity contribution in [3.63, 3.8) is 0 Å². The molecule has 0 amide bonds. The first-order valence-corrected chi connectivity index (χ1v) is 7.29. The van der Waals surface area contributed by atoms with Gasteiger partial charge in [0.25, 0.3) is 6.47 Å². The summed E-state index contributed by atoms with van der Waals surface area (Å²) < 4.78 is 36.6. The van der Waals surface area contributed by atoms with Gasteiger partial charge in [-0.1, -0.05) is 27.7 Å². The second-order valence-corrected chi connectivity index (χ2v) is 7.28. The summed E-state index contributed by atoms with van der Waals surface area (Å²) in [5, 5.41) is 10.3. The maximum atomic E-state index is 12.2. The Bertz CT molecular complexity index is 313. The summed E-state index contributed by atoms with van der Waals surface area (Å²) in [6, 6.07) is 0. The molecule has 0 aliphatic carbocycles. The summed E-state index contributed by atoms with van der Waals surface area (Å²) in [6.45, 7) is 10.3. The second-order valence-electron chi connectivity index (χ2n) is 7.28. The molecule has 21 heavy (non-hydrogen) atoms. The zero-order valence-electron chi connectivity index (χ0n) is 13.4. The molecule has 0 aromatic rings. The van der Waals surface area contributed by atoms with Gasteiger partial charge >= 0.3 is 6.18 Å². The summed E-state index contributed by atoms with van der Waals surface area (Å²) in [5.41, 5.74) is 0.236. The number of nitrogens with one attached hydrogen (secondary N) is 1. The molecule has 1 heterocycles. The van der Waals surface area contributed by atoms with Gasteiger partial charge in [0.1, 0.15) is 0 Å². The van der Waals surface area contributed by atoms with Crippen molar-refractivity contribution in [2.45, 2.75) is 59.6 Å². The zero-order chi connectivity index (χ0) is 16.7. The molecule has 0 spiro atoms. The van der Waals surface area contributed by atoms with E-state index in [1.807, 2.05) is 0 Å². The van der Waals surface area contributed by atoms with Crippen LogP contribution in [0.2, 0.25) is 0 Å². The third-order valence-corrected chi connectivity index (χ3v) is 4.15. The molecular weight excluding hydrogens is 283 g/mol. The summed E-state index contributed by atoms with van der Waals surface area (Å²) in [5.74, 6) is 0.544. The van der Waals surface area contributed by atoms with Crippen LogP contribution in [0, 0.1) is 16.7 Å². The minimum atomic E-state index is -4.01. The van der Waals surface area contributed by atoms with Gasteiger partial charge in [-0.05, 0) is 42.6 Å². The molecule has 1 rings (SSSR count). The topological polar surface area (TPSA) is 49.3 Å². The van der Waals surface area contributed by atoms with Gasteiger partial charge in [0, 0.05) is 13.0 Å². The Morgan fingerprint density at radius 2 is 1.86 bits per heavy atom. The van der Waals surface area contributed by atoms with E-state index in [1.54, 1.807) is 0 Å². The molecule has 0 bridgehead atoms. The fourth-order valence-corrected chi connectivity index (χ4v) is 2.81. The van der Waals surface area contributed by atoms with Crippen LogP contribution < -0.4 is 5.32 Å². The van der Waals surface area contributed by atoms with Gasteiger partial charge in [0.2, 0.25) is 0 Å². The molecule has 1 aliphatic rings. The molecule has 1 aliphatic heterocycles. The van der Waals surface area contributed by atoms with Crippen LogP contribution in [0.4, 0.5) is 13.2 Å².